The fourth-order valence-corrected chi connectivity index (χ4v) is 8.73. The number of hydrogen-bond donors (Lipinski definition) is 0. The molecule has 0 saturated carbocycles. The summed E-state index contributed by atoms with van der Waals surface area (Å²) in [7, 11) is 0. The van der Waals surface area contributed by atoms with Gasteiger partial charge in [-0.25, -0.2) is 9.97 Å². The highest BCUT2D eigenvalue weighted by Gasteiger charge is 2.37. The fraction of sp³-hybridized carbons (Fsp3) is 0.0566. The maximum absolute atomic E-state index is 5.26. The number of rotatable bonds is 6. The largest absolute Gasteiger partial charge is 0.228 e. The third-order valence-electron chi connectivity index (χ3n) is 11.3. The van der Waals surface area contributed by atoms with Gasteiger partial charge in [0.05, 0.1) is 11.4 Å². The summed E-state index contributed by atoms with van der Waals surface area (Å²) in [5.74, 6) is 0.706. The Morgan fingerprint density at radius 2 is 0.818 bits per heavy atom. The molecule has 0 amide bonds. The Labute approximate surface area is 322 Å². The van der Waals surface area contributed by atoms with Crippen LogP contribution >= 0.6 is 0 Å². The van der Waals surface area contributed by atoms with E-state index in [1.165, 1.54) is 49.9 Å². The van der Waals surface area contributed by atoms with Gasteiger partial charge in [0.15, 0.2) is 5.82 Å². The molecule has 1 aliphatic rings. The molecule has 0 spiro atoms. The molecule has 2 heteroatoms. The summed E-state index contributed by atoms with van der Waals surface area (Å²) in [4.78, 5) is 10.5. The van der Waals surface area contributed by atoms with Gasteiger partial charge in [0.1, 0.15) is 0 Å². The zero-order valence-corrected chi connectivity index (χ0v) is 30.9. The topological polar surface area (TPSA) is 25.8 Å². The van der Waals surface area contributed by atoms with E-state index in [9.17, 15) is 0 Å². The highest BCUT2D eigenvalue weighted by atomic mass is 14.9. The van der Waals surface area contributed by atoms with E-state index in [2.05, 4.69) is 190 Å². The second kappa shape index (κ2) is 13.2. The van der Waals surface area contributed by atoms with Crippen LogP contribution in [0.2, 0.25) is 0 Å². The quantitative estimate of drug-likeness (QED) is 0.172. The molecule has 1 aliphatic carbocycles. The summed E-state index contributed by atoms with van der Waals surface area (Å²) in [6.45, 7) is 4.72. The molecule has 55 heavy (non-hydrogen) atoms. The molecule has 8 aromatic carbocycles. The van der Waals surface area contributed by atoms with Gasteiger partial charge in [0.25, 0.3) is 0 Å². The lowest BCUT2D eigenvalue weighted by atomic mass is 9.78. The van der Waals surface area contributed by atoms with Crippen LogP contribution in [0.15, 0.2) is 194 Å². The van der Waals surface area contributed by atoms with E-state index in [1.54, 1.807) is 0 Å². The van der Waals surface area contributed by atoms with Crippen molar-refractivity contribution in [2.75, 3.05) is 0 Å². The molecule has 0 aliphatic heterocycles. The van der Waals surface area contributed by atoms with E-state index in [4.69, 9.17) is 9.97 Å². The summed E-state index contributed by atoms with van der Waals surface area (Å²) in [6, 6.07) is 69.5. The van der Waals surface area contributed by atoms with E-state index in [0.29, 0.717) is 5.82 Å². The standard InChI is InChI=1S/C53H38N2/c1-53(2)48-30-14-13-26-44(48)47-29-16-28-41(51(47)53)38-22-15-21-37(33-38)40-31-32-46(43-25-11-10-24-42(40)43)50-34-49(54-52(55-50)36-19-7-4-8-20-36)45-27-12-9-23-39(45)35-17-5-3-6-18-35/h3-34H,1-2H3. The van der Waals surface area contributed by atoms with Crippen molar-refractivity contribution in [1.82, 2.24) is 9.97 Å². The third kappa shape index (κ3) is 5.57. The third-order valence-corrected chi connectivity index (χ3v) is 11.3. The van der Waals surface area contributed by atoms with Gasteiger partial charge in [-0.1, -0.05) is 196 Å². The van der Waals surface area contributed by atoms with E-state index in [1.807, 2.05) is 18.2 Å². The van der Waals surface area contributed by atoms with Crippen LogP contribution < -0.4 is 0 Å². The molecule has 9 aromatic rings. The average Bonchev–Trinajstić information content (AvgIpc) is 3.49. The van der Waals surface area contributed by atoms with Crippen molar-refractivity contribution in [3.8, 4) is 78.4 Å². The van der Waals surface area contributed by atoms with Crippen molar-refractivity contribution in [3.63, 3.8) is 0 Å². The van der Waals surface area contributed by atoms with Crippen molar-refractivity contribution in [2.45, 2.75) is 19.3 Å². The minimum atomic E-state index is -0.0938. The molecular formula is C53H38N2. The predicted molar refractivity (Wildman–Crippen MR) is 230 cm³/mol. The number of aromatic nitrogens is 2. The van der Waals surface area contributed by atoms with Crippen LogP contribution in [0.5, 0.6) is 0 Å². The number of nitrogens with zero attached hydrogens (tertiary/aromatic N) is 2. The van der Waals surface area contributed by atoms with Gasteiger partial charge in [0, 0.05) is 22.1 Å². The summed E-state index contributed by atoms with van der Waals surface area (Å²) < 4.78 is 0. The second-order valence-corrected chi connectivity index (χ2v) is 14.9. The van der Waals surface area contributed by atoms with Crippen molar-refractivity contribution >= 4 is 10.8 Å². The van der Waals surface area contributed by atoms with Crippen LogP contribution in [0.25, 0.3) is 89.2 Å². The zero-order chi connectivity index (χ0) is 36.9. The minimum absolute atomic E-state index is 0.0938. The van der Waals surface area contributed by atoms with E-state index >= 15 is 0 Å². The first-order valence-corrected chi connectivity index (χ1v) is 19.0. The molecule has 0 atom stereocenters. The first kappa shape index (κ1) is 32.7. The van der Waals surface area contributed by atoms with E-state index < -0.39 is 0 Å². The molecule has 260 valence electrons. The highest BCUT2D eigenvalue weighted by molar-refractivity contribution is 6.05. The van der Waals surface area contributed by atoms with Gasteiger partial charge >= 0.3 is 0 Å². The number of fused-ring (bicyclic) bond motifs is 4. The van der Waals surface area contributed by atoms with E-state index in [0.717, 1.165) is 44.6 Å². The second-order valence-electron chi connectivity index (χ2n) is 14.9. The summed E-state index contributed by atoms with van der Waals surface area (Å²) in [5.41, 5.74) is 17.5. The predicted octanol–water partition coefficient (Wildman–Crippen LogP) is 13.9. The lowest BCUT2D eigenvalue weighted by Gasteiger charge is -2.24. The lowest BCUT2D eigenvalue weighted by Crippen LogP contribution is -2.16. The Hall–Kier alpha value is -6.90. The summed E-state index contributed by atoms with van der Waals surface area (Å²) >= 11 is 0. The van der Waals surface area contributed by atoms with Crippen molar-refractivity contribution in [2.24, 2.45) is 0 Å². The monoisotopic (exact) mass is 702 g/mol. The minimum Gasteiger partial charge on any atom is -0.228 e. The zero-order valence-electron chi connectivity index (χ0n) is 30.9. The van der Waals surface area contributed by atoms with Gasteiger partial charge in [-0.3, -0.25) is 0 Å². The van der Waals surface area contributed by atoms with Gasteiger partial charge in [-0.05, 0) is 78.5 Å². The normalized spacial score (nSPS) is 12.7. The van der Waals surface area contributed by atoms with Gasteiger partial charge in [0.2, 0.25) is 0 Å². The molecule has 1 aromatic heterocycles. The molecule has 0 unspecified atom stereocenters. The van der Waals surface area contributed by atoms with Crippen LogP contribution in [0.4, 0.5) is 0 Å². The van der Waals surface area contributed by atoms with Crippen LogP contribution in [0.1, 0.15) is 25.0 Å². The lowest BCUT2D eigenvalue weighted by molar-refractivity contribution is 0.662. The van der Waals surface area contributed by atoms with E-state index in [-0.39, 0.29) is 5.41 Å². The molecular weight excluding hydrogens is 665 g/mol. The Bertz CT molecular complexity index is 2890. The Balaban J connectivity index is 1.12. The molecule has 10 rings (SSSR count). The SMILES string of the molecule is CC1(C)c2ccccc2-c2cccc(-c3cccc(-c4ccc(-c5cc(-c6ccccc6-c6ccccc6)nc(-c6ccccc6)n5)c5ccccc45)c3)c21. The van der Waals surface area contributed by atoms with Gasteiger partial charge in [-0.15, -0.1) is 0 Å². The molecule has 0 bridgehead atoms. The smallest absolute Gasteiger partial charge is 0.160 e. The summed E-state index contributed by atoms with van der Waals surface area (Å²) in [6.07, 6.45) is 0. The van der Waals surface area contributed by atoms with Gasteiger partial charge in [-0.2, -0.15) is 0 Å². The van der Waals surface area contributed by atoms with Crippen LogP contribution in [0.3, 0.4) is 0 Å². The average molecular weight is 703 g/mol. The Morgan fingerprint density at radius 3 is 1.56 bits per heavy atom. The molecule has 0 saturated heterocycles. The molecule has 0 fully saturated rings. The fourth-order valence-electron chi connectivity index (χ4n) is 8.73. The van der Waals surface area contributed by atoms with Crippen molar-refractivity contribution in [1.29, 1.82) is 0 Å². The summed E-state index contributed by atoms with van der Waals surface area (Å²) in [5, 5.41) is 2.34. The van der Waals surface area contributed by atoms with Crippen molar-refractivity contribution < 1.29 is 0 Å². The Kier molecular flexibility index (Phi) is 7.85. The Morgan fingerprint density at radius 1 is 0.327 bits per heavy atom. The number of hydrogen-bond acceptors (Lipinski definition) is 2. The van der Waals surface area contributed by atoms with Crippen LogP contribution in [-0.4, -0.2) is 9.97 Å². The first-order chi connectivity index (χ1) is 27.0. The first-order valence-electron chi connectivity index (χ1n) is 19.0. The molecule has 0 N–H and O–H groups in total. The van der Waals surface area contributed by atoms with Crippen molar-refractivity contribution in [3.05, 3.63) is 205 Å². The highest BCUT2D eigenvalue weighted by Crippen LogP contribution is 2.52. The van der Waals surface area contributed by atoms with Gasteiger partial charge < -0.3 is 0 Å². The molecule has 2 nitrogen and oxygen atoms in total. The maximum atomic E-state index is 5.26. The van der Waals surface area contributed by atoms with Crippen LogP contribution in [-0.2, 0) is 5.41 Å². The molecule has 1 heterocycles. The van der Waals surface area contributed by atoms with Crippen LogP contribution in [0, 0.1) is 0 Å². The maximum Gasteiger partial charge on any atom is 0.160 e. The number of benzene rings is 8. The molecule has 0 radical (unpaired) electrons.